The summed E-state index contributed by atoms with van der Waals surface area (Å²) in [5.74, 6) is 0.346. The number of hydrogen-bond acceptors (Lipinski definition) is 3. The summed E-state index contributed by atoms with van der Waals surface area (Å²) in [6.45, 7) is 2.00. The van der Waals surface area contributed by atoms with Crippen molar-refractivity contribution < 1.29 is 9.21 Å². The Morgan fingerprint density at radius 1 is 1.43 bits per heavy atom. The smallest absolute Gasteiger partial charge is 0.273 e. The highest BCUT2D eigenvalue weighted by Gasteiger charge is 2.21. The number of carbonyl (C=O) groups excluding carboxylic acids is 1. The van der Waals surface area contributed by atoms with E-state index in [2.05, 4.69) is 10.3 Å². The standard InChI is InChI=1S/C15H14Cl2N2O2/c1-3-4-5-12-19-13(15(20)18-2)14(21-12)10-7-6-9(16)8-11(10)17/h4-8H,3H2,1-2H3,(H,18,20)/b5-4+. The zero-order valence-electron chi connectivity index (χ0n) is 11.6. The van der Waals surface area contributed by atoms with Gasteiger partial charge in [-0.15, -0.1) is 0 Å². The summed E-state index contributed by atoms with van der Waals surface area (Å²) in [6.07, 6.45) is 4.46. The number of halogens is 2. The maximum atomic E-state index is 11.9. The highest BCUT2D eigenvalue weighted by Crippen LogP contribution is 2.33. The second-order valence-electron chi connectivity index (χ2n) is 4.24. The van der Waals surface area contributed by atoms with Gasteiger partial charge < -0.3 is 9.73 Å². The van der Waals surface area contributed by atoms with E-state index in [-0.39, 0.29) is 11.6 Å². The Bertz CT molecular complexity index is 693. The van der Waals surface area contributed by atoms with Crippen LogP contribution in [0, 0.1) is 0 Å². The summed E-state index contributed by atoms with van der Waals surface area (Å²) in [6, 6.07) is 4.97. The highest BCUT2D eigenvalue weighted by molar-refractivity contribution is 6.36. The van der Waals surface area contributed by atoms with Gasteiger partial charge in [0.05, 0.1) is 5.02 Å². The molecule has 6 heteroatoms. The fourth-order valence-corrected chi connectivity index (χ4v) is 2.25. The third kappa shape index (κ3) is 3.46. The number of aromatic nitrogens is 1. The number of amides is 1. The van der Waals surface area contributed by atoms with E-state index >= 15 is 0 Å². The molecule has 1 heterocycles. The molecule has 1 amide bonds. The summed E-state index contributed by atoms with van der Waals surface area (Å²) < 4.78 is 5.66. The van der Waals surface area contributed by atoms with Gasteiger partial charge in [0.25, 0.3) is 5.91 Å². The van der Waals surface area contributed by atoms with Crippen LogP contribution in [0.1, 0.15) is 29.7 Å². The average Bonchev–Trinajstić information content (AvgIpc) is 2.88. The SMILES string of the molecule is CC/C=C/c1nc(C(=O)NC)c(-c2ccc(Cl)cc2Cl)o1. The van der Waals surface area contributed by atoms with Crippen molar-refractivity contribution in [3.63, 3.8) is 0 Å². The van der Waals surface area contributed by atoms with Crippen LogP contribution in [0.3, 0.4) is 0 Å². The maximum absolute atomic E-state index is 11.9. The molecule has 1 aromatic heterocycles. The first-order chi connectivity index (χ1) is 10.1. The largest absolute Gasteiger partial charge is 0.436 e. The first-order valence-corrected chi connectivity index (χ1v) is 7.17. The zero-order chi connectivity index (χ0) is 15.4. The molecule has 0 aliphatic carbocycles. The lowest BCUT2D eigenvalue weighted by atomic mass is 10.1. The molecule has 0 bridgehead atoms. The molecule has 0 spiro atoms. The molecule has 4 nitrogen and oxygen atoms in total. The van der Waals surface area contributed by atoms with Crippen LogP contribution in [0.5, 0.6) is 0 Å². The first kappa shape index (κ1) is 15.6. The number of allylic oxidation sites excluding steroid dienone is 1. The Morgan fingerprint density at radius 3 is 2.81 bits per heavy atom. The normalized spacial score (nSPS) is 11.0. The lowest BCUT2D eigenvalue weighted by molar-refractivity contribution is 0.0959. The van der Waals surface area contributed by atoms with Crippen molar-refractivity contribution in [3.8, 4) is 11.3 Å². The Morgan fingerprint density at radius 2 is 2.19 bits per heavy atom. The fourth-order valence-electron chi connectivity index (χ4n) is 1.76. The summed E-state index contributed by atoms with van der Waals surface area (Å²) in [7, 11) is 1.53. The molecule has 0 radical (unpaired) electrons. The summed E-state index contributed by atoms with van der Waals surface area (Å²) >= 11 is 12.1. The molecule has 2 aromatic rings. The molecular weight excluding hydrogens is 311 g/mol. The van der Waals surface area contributed by atoms with Crippen LogP contribution in [0.4, 0.5) is 0 Å². The molecule has 0 aliphatic heterocycles. The summed E-state index contributed by atoms with van der Waals surface area (Å²) in [5, 5.41) is 3.45. The van der Waals surface area contributed by atoms with E-state index in [1.165, 1.54) is 7.05 Å². The van der Waals surface area contributed by atoms with Crippen LogP contribution in [0.2, 0.25) is 10.0 Å². The topological polar surface area (TPSA) is 55.1 Å². The van der Waals surface area contributed by atoms with Crippen LogP contribution in [-0.4, -0.2) is 17.9 Å². The molecule has 21 heavy (non-hydrogen) atoms. The molecule has 0 unspecified atom stereocenters. The van der Waals surface area contributed by atoms with Crippen molar-refractivity contribution in [2.24, 2.45) is 0 Å². The zero-order valence-corrected chi connectivity index (χ0v) is 13.1. The van der Waals surface area contributed by atoms with Gasteiger partial charge >= 0.3 is 0 Å². The average molecular weight is 325 g/mol. The molecule has 110 valence electrons. The number of carbonyl (C=O) groups is 1. The monoisotopic (exact) mass is 324 g/mol. The maximum Gasteiger partial charge on any atom is 0.273 e. The van der Waals surface area contributed by atoms with Crippen molar-refractivity contribution in [2.75, 3.05) is 7.05 Å². The van der Waals surface area contributed by atoms with Gasteiger partial charge in [0.2, 0.25) is 5.89 Å². The van der Waals surface area contributed by atoms with Crippen LogP contribution >= 0.6 is 23.2 Å². The Balaban J connectivity index is 2.57. The second kappa shape index (κ2) is 6.78. The van der Waals surface area contributed by atoms with Crippen LogP contribution in [0.25, 0.3) is 17.4 Å². The predicted molar refractivity (Wildman–Crippen MR) is 84.7 cm³/mol. The number of rotatable bonds is 4. The van der Waals surface area contributed by atoms with E-state index in [0.29, 0.717) is 27.3 Å². The van der Waals surface area contributed by atoms with Gasteiger partial charge in [0.1, 0.15) is 0 Å². The minimum absolute atomic E-state index is 0.192. The van der Waals surface area contributed by atoms with Gasteiger partial charge in [-0.25, -0.2) is 4.98 Å². The minimum atomic E-state index is -0.337. The predicted octanol–water partition coefficient (Wildman–Crippen LogP) is 4.43. The Hall–Kier alpha value is -1.78. The van der Waals surface area contributed by atoms with Gasteiger partial charge in [0, 0.05) is 17.6 Å². The Labute approximate surface area is 132 Å². The molecule has 0 atom stereocenters. The number of nitrogens with one attached hydrogen (secondary N) is 1. The van der Waals surface area contributed by atoms with Gasteiger partial charge in [-0.05, 0) is 30.7 Å². The van der Waals surface area contributed by atoms with E-state index in [1.54, 1.807) is 24.3 Å². The molecule has 0 aliphatic rings. The number of nitrogens with zero attached hydrogens (tertiary/aromatic N) is 1. The lowest BCUT2D eigenvalue weighted by Crippen LogP contribution is -2.19. The summed E-state index contributed by atoms with van der Waals surface area (Å²) in [4.78, 5) is 16.1. The molecule has 1 N–H and O–H groups in total. The first-order valence-electron chi connectivity index (χ1n) is 6.41. The van der Waals surface area contributed by atoms with Crippen molar-refractivity contribution in [2.45, 2.75) is 13.3 Å². The molecule has 1 aromatic carbocycles. The fraction of sp³-hybridized carbons (Fsp3) is 0.200. The number of hydrogen-bond donors (Lipinski definition) is 1. The van der Waals surface area contributed by atoms with E-state index in [0.717, 1.165) is 6.42 Å². The van der Waals surface area contributed by atoms with Crippen LogP contribution in [0.15, 0.2) is 28.7 Å². The minimum Gasteiger partial charge on any atom is -0.436 e. The quantitative estimate of drug-likeness (QED) is 0.904. The van der Waals surface area contributed by atoms with Gasteiger partial charge in [-0.1, -0.05) is 36.2 Å². The van der Waals surface area contributed by atoms with E-state index in [1.807, 2.05) is 13.0 Å². The van der Waals surface area contributed by atoms with Gasteiger partial charge in [-0.2, -0.15) is 0 Å². The highest BCUT2D eigenvalue weighted by atomic mass is 35.5. The Kier molecular flexibility index (Phi) is 5.04. The van der Waals surface area contributed by atoms with Gasteiger partial charge in [0.15, 0.2) is 11.5 Å². The molecule has 0 saturated carbocycles. The van der Waals surface area contributed by atoms with Gasteiger partial charge in [-0.3, -0.25) is 4.79 Å². The van der Waals surface area contributed by atoms with Crippen LogP contribution in [-0.2, 0) is 0 Å². The third-order valence-electron chi connectivity index (χ3n) is 2.76. The molecule has 0 saturated heterocycles. The molecular formula is C15H14Cl2N2O2. The van der Waals surface area contributed by atoms with E-state index < -0.39 is 0 Å². The van der Waals surface area contributed by atoms with Crippen molar-refractivity contribution in [1.82, 2.24) is 10.3 Å². The lowest BCUT2D eigenvalue weighted by Gasteiger charge is -2.03. The number of benzene rings is 1. The molecule has 2 rings (SSSR count). The van der Waals surface area contributed by atoms with Crippen molar-refractivity contribution in [1.29, 1.82) is 0 Å². The third-order valence-corrected chi connectivity index (χ3v) is 3.31. The molecule has 0 fully saturated rings. The van der Waals surface area contributed by atoms with E-state index in [9.17, 15) is 4.79 Å². The van der Waals surface area contributed by atoms with E-state index in [4.69, 9.17) is 27.6 Å². The van der Waals surface area contributed by atoms with Crippen molar-refractivity contribution in [3.05, 3.63) is 45.9 Å². The van der Waals surface area contributed by atoms with Crippen molar-refractivity contribution >= 4 is 35.2 Å². The summed E-state index contributed by atoms with van der Waals surface area (Å²) in [5.41, 5.74) is 0.765. The second-order valence-corrected chi connectivity index (χ2v) is 5.09. The number of oxazole rings is 1. The van der Waals surface area contributed by atoms with Crippen LogP contribution < -0.4 is 5.32 Å².